The molecule has 0 bridgehead atoms. The van der Waals surface area contributed by atoms with Crippen LogP contribution >= 0.6 is 0 Å². The molecule has 0 aliphatic heterocycles. The molecule has 80 valence electrons. The normalized spacial score (nSPS) is 12.9. The van der Waals surface area contributed by atoms with Crippen LogP contribution in [0.3, 0.4) is 0 Å². The van der Waals surface area contributed by atoms with E-state index in [1.165, 1.54) is 0 Å². The third kappa shape index (κ3) is 2.27. The van der Waals surface area contributed by atoms with E-state index in [1.807, 2.05) is 18.3 Å². The van der Waals surface area contributed by atoms with Gasteiger partial charge in [-0.1, -0.05) is 0 Å². The number of hydrogen-bond donors (Lipinski definition) is 2. The summed E-state index contributed by atoms with van der Waals surface area (Å²) in [6, 6.07) is 6.43. The Labute approximate surface area is 88.6 Å². The molecule has 0 saturated carbocycles. The highest BCUT2D eigenvalue weighted by Gasteiger charge is 2.02. The summed E-state index contributed by atoms with van der Waals surface area (Å²) >= 11 is 0. The van der Waals surface area contributed by atoms with Crippen LogP contribution in [0.2, 0.25) is 0 Å². The molecule has 4 nitrogen and oxygen atoms in total. The van der Waals surface area contributed by atoms with Crippen LogP contribution in [-0.2, 0) is 4.74 Å². The van der Waals surface area contributed by atoms with Crippen molar-refractivity contribution in [3.8, 4) is 0 Å². The summed E-state index contributed by atoms with van der Waals surface area (Å²) in [5.41, 5.74) is 2.15. The molecule has 4 heteroatoms. The van der Waals surface area contributed by atoms with E-state index >= 15 is 0 Å². The second kappa shape index (κ2) is 4.31. The van der Waals surface area contributed by atoms with E-state index in [9.17, 15) is 0 Å². The average Bonchev–Trinajstić information content (AvgIpc) is 2.65. The zero-order valence-electron chi connectivity index (χ0n) is 8.95. The number of ether oxygens (including phenoxy) is 1. The van der Waals surface area contributed by atoms with Gasteiger partial charge < -0.3 is 10.1 Å². The SMILES string of the molecule is COCC(C)Nc1ccc2[nH]ncc2c1. The summed E-state index contributed by atoms with van der Waals surface area (Å²) in [4.78, 5) is 0. The van der Waals surface area contributed by atoms with Crippen LogP contribution in [0.25, 0.3) is 10.9 Å². The molecule has 1 heterocycles. The molecule has 0 amide bonds. The third-order valence-electron chi connectivity index (χ3n) is 2.27. The fourth-order valence-corrected chi connectivity index (χ4v) is 1.61. The van der Waals surface area contributed by atoms with Crippen molar-refractivity contribution in [2.45, 2.75) is 13.0 Å². The van der Waals surface area contributed by atoms with Crippen molar-refractivity contribution in [1.82, 2.24) is 10.2 Å². The Kier molecular flexibility index (Phi) is 2.87. The molecule has 1 atom stereocenters. The lowest BCUT2D eigenvalue weighted by Gasteiger charge is -2.13. The Morgan fingerprint density at radius 1 is 1.53 bits per heavy atom. The predicted molar refractivity (Wildman–Crippen MR) is 61.1 cm³/mol. The number of nitrogens with zero attached hydrogens (tertiary/aromatic N) is 1. The van der Waals surface area contributed by atoms with E-state index in [0.29, 0.717) is 12.6 Å². The molecule has 0 aliphatic carbocycles. The second-order valence-corrected chi connectivity index (χ2v) is 3.67. The van der Waals surface area contributed by atoms with E-state index < -0.39 is 0 Å². The third-order valence-corrected chi connectivity index (χ3v) is 2.27. The van der Waals surface area contributed by atoms with E-state index in [1.54, 1.807) is 7.11 Å². The monoisotopic (exact) mass is 205 g/mol. The Morgan fingerprint density at radius 3 is 3.20 bits per heavy atom. The topological polar surface area (TPSA) is 49.9 Å². The number of fused-ring (bicyclic) bond motifs is 1. The molecule has 2 aromatic rings. The van der Waals surface area contributed by atoms with Gasteiger partial charge in [0.1, 0.15) is 0 Å². The standard InChI is InChI=1S/C11H15N3O/c1-8(7-15-2)13-10-3-4-11-9(5-10)6-12-14-11/h3-6,8,13H,7H2,1-2H3,(H,12,14). The van der Waals surface area contributed by atoms with Crippen molar-refractivity contribution in [3.05, 3.63) is 24.4 Å². The highest BCUT2D eigenvalue weighted by atomic mass is 16.5. The number of hydrogen-bond acceptors (Lipinski definition) is 3. The molecular weight excluding hydrogens is 190 g/mol. The van der Waals surface area contributed by atoms with Crippen LogP contribution in [0.5, 0.6) is 0 Å². The molecule has 2 N–H and O–H groups in total. The van der Waals surface area contributed by atoms with Gasteiger partial charge >= 0.3 is 0 Å². The van der Waals surface area contributed by atoms with Crippen LogP contribution in [-0.4, -0.2) is 30.0 Å². The summed E-state index contributed by atoms with van der Waals surface area (Å²) in [6.07, 6.45) is 1.82. The molecule has 0 aliphatic rings. The lowest BCUT2D eigenvalue weighted by molar-refractivity contribution is 0.190. The fraction of sp³-hybridized carbons (Fsp3) is 0.364. The summed E-state index contributed by atoms with van der Waals surface area (Å²) in [6.45, 7) is 2.78. The molecule has 0 radical (unpaired) electrons. The lowest BCUT2D eigenvalue weighted by Crippen LogP contribution is -2.20. The number of aromatic nitrogens is 2. The minimum Gasteiger partial charge on any atom is -0.383 e. The number of rotatable bonds is 4. The van der Waals surface area contributed by atoms with Crippen molar-refractivity contribution in [3.63, 3.8) is 0 Å². The van der Waals surface area contributed by atoms with Crippen molar-refractivity contribution in [2.75, 3.05) is 19.0 Å². The van der Waals surface area contributed by atoms with Crippen molar-refractivity contribution in [2.24, 2.45) is 0 Å². The molecule has 1 aromatic heterocycles. The zero-order chi connectivity index (χ0) is 10.7. The van der Waals surface area contributed by atoms with E-state index in [2.05, 4.69) is 28.5 Å². The van der Waals surface area contributed by atoms with Crippen LogP contribution in [0.15, 0.2) is 24.4 Å². The van der Waals surface area contributed by atoms with Gasteiger partial charge in [0.2, 0.25) is 0 Å². The quantitative estimate of drug-likeness (QED) is 0.802. The first-order valence-electron chi connectivity index (χ1n) is 4.98. The Balaban J connectivity index is 2.14. The predicted octanol–water partition coefficient (Wildman–Crippen LogP) is 2.01. The smallest absolute Gasteiger partial charge is 0.0661 e. The molecule has 0 fully saturated rings. The number of benzene rings is 1. The van der Waals surface area contributed by atoms with E-state index in [-0.39, 0.29) is 0 Å². The number of aromatic amines is 1. The van der Waals surface area contributed by atoms with Crippen LogP contribution in [0.1, 0.15) is 6.92 Å². The molecule has 2 rings (SSSR count). The van der Waals surface area contributed by atoms with Gasteiger partial charge in [0.05, 0.1) is 18.3 Å². The number of H-pyrrole nitrogens is 1. The number of nitrogens with one attached hydrogen (secondary N) is 2. The number of methoxy groups -OCH3 is 1. The second-order valence-electron chi connectivity index (χ2n) is 3.67. The van der Waals surface area contributed by atoms with E-state index in [4.69, 9.17) is 4.74 Å². The Morgan fingerprint density at radius 2 is 2.40 bits per heavy atom. The summed E-state index contributed by atoms with van der Waals surface area (Å²) in [5.74, 6) is 0. The largest absolute Gasteiger partial charge is 0.383 e. The average molecular weight is 205 g/mol. The molecule has 1 aromatic carbocycles. The van der Waals surface area contributed by atoms with Gasteiger partial charge in [-0.2, -0.15) is 5.10 Å². The van der Waals surface area contributed by atoms with Crippen LogP contribution < -0.4 is 5.32 Å². The zero-order valence-corrected chi connectivity index (χ0v) is 8.95. The first-order chi connectivity index (χ1) is 7.29. The van der Waals surface area contributed by atoms with Crippen LogP contribution in [0.4, 0.5) is 5.69 Å². The molecular formula is C11H15N3O. The minimum atomic E-state index is 0.305. The van der Waals surface area contributed by atoms with Gasteiger partial charge in [-0.15, -0.1) is 0 Å². The minimum absolute atomic E-state index is 0.305. The molecule has 1 unspecified atom stereocenters. The van der Waals surface area contributed by atoms with E-state index in [0.717, 1.165) is 16.6 Å². The van der Waals surface area contributed by atoms with Gasteiger partial charge in [-0.3, -0.25) is 5.10 Å². The maximum absolute atomic E-state index is 5.07. The van der Waals surface area contributed by atoms with Crippen molar-refractivity contribution >= 4 is 16.6 Å². The Bertz CT molecular complexity index is 438. The Hall–Kier alpha value is -1.55. The van der Waals surface area contributed by atoms with Crippen LogP contribution in [0, 0.1) is 0 Å². The summed E-state index contributed by atoms with van der Waals surface area (Å²) < 4.78 is 5.07. The summed E-state index contributed by atoms with van der Waals surface area (Å²) in [5, 5.41) is 11.4. The first kappa shape index (κ1) is 9.98. The van der Waals surface area contributed by atoms with Gasteiger partial charge in [0.15, 0.2) is 0 Å². The highest BCUT2D eigenvalue weighted by Crippen LogP contribution is 2.17. The van der Waals surface area contributed by atoms with Gasteiger partial charge in [-0.05, 0) is 25.1 Å². The van der Waals surface area contributed by atoms with Crippen molar-refractivity contribution in [1.29, 1.82) is 0 Å². The molecule has 15 heavy (non-hydrogen) atoms. The van der Waals surface area contributed by atoms with Gasteiger partial charge in [0, 0.05) is 24.2 Å². The van der Waals surface area contributed by atoms with Gasteiger partial charge in [0.25, 0.3) is 0 Å². The summed E-state index contributed by atoms with van der Waals surface area (Å²) in [7, 11) is 1.71. The lowest BCUT2D eigenvalue weighted by atomic mass is 10.2. The maximum Gasteiger partial charge on any atom is 0.0661 e. The first-order valence-corrected chi connectivity index (χ1v) is 4.98. The molecule has 0 spiro atoms. The maximum atomic E-state index is 5.07. The molecule has 0 saturated heterocycles. The fourth-order valence-electron chi connectivity index (χ4n) is 1.61. The van der Waals surface area contributed by atoms with Crippen molar-refractivity contribution < 1.29 is 4.74 Å². The highest BCUT2D eigenvalue weighted by molar-refractivity contribution is 5.81. The number of anilines is 1. The van der Waals surface area contributed by atoms with Gasteiger partial charge in [-0.25, -0.2) is 0 Å².